The normalized spacial score (nSPS) is 11.1. The maximum Gasteiger partial charge on any atom is 0.268 e. The van der Waals surface area contributed by atoms with Gasteiger partial charge in [0.1, 0.15) is 28.7 Å². The number of sulfonamides is 1. The van der Waals surface area contributed by atoms with Gasteiger partial charge in [0.2, 0.25) is 5.91 Å². The molecule has 0 spiro atoms. The molecule has 0 unspecified atom stereocenters. The van der Waals surface area contributed by atoms with Gasteiger partial charge in [0.15, 0.2) is 0 Å². The molecular formula is C24H23Cl3N2O6S. The van der Waals surface area contributed by atoms with Gasteiger partial charge in [-0.1, -0.05) is 40.9 Å². The lowest BCUT2D eigenvalue weighted by atomic mass is 10.2. The molecule has 8 nitrogen and oxygen atoms in total. The summed E-state index contributed by atoms with van der Waals surface area (Å²) in [6.07, 6.45) is 0. The molecule has 0 saturated heterocycles. The van der Waals surface area contributed by atoms with Crippen LogP contribution in [0, 0.1) is 6.92 Å². The Labute approximate surface area is 224 Å². The molecule has 0 aliphatic carbocycles. The lowest BCUT2D eigenvalue weighted by Gasteiger charge is -2.25. The van der Waals surface area contributed by atoms with Crippen molar-refractivity contribution in [3.05, 3.63) is 69.2 Å². The quantitative estimate of drug-likeness (QED) is 0.347. The molecule has 0 saturated carbocycles. The van der Waals surface area contributed by atoms with Gasteiger partial charge in [-0.3, -0.25) is 9.10 Å². The fourth-order valence-corrected chi connectivity index (χ4v) is 5.52. The van der Waals surface area contributed by atoms with Gasteiger partial charge >= 0.3 is 0 Å². The van der Waals surface area contributed by atoms with Crippen molar-refractivity contribution in [1.29, 1.82) is 0 Å². The first-order valence-electron chi connectivity index (χ1n) is 10.4. The number of rotatable bonds is 9. The Morgan fingerprint density at radius 3 is 2.11 bits per heavy atom. The highest BCUT2D eigenvalue weighted by Gasteiger charge is 2.31. The first-order valence-corrected chi connectivity index (χ1v) is 12.9. The summed E-state index contributed by atoms with van der Waals surface area (Å²) in [5, 5.41) is 3.28. The highest BCUT2D eigenvalue weighted by atomic mass is 35.5. The van der Waals surface area contributed by atoms with E-state index in [4.69, 9.17) is 49.0 Å². The minimum atomic E-state index is -4.30. The van der Waals surface area contributed by atoms with Crippen molar-refractivity contribution in [2.24, 2.45) is 0 Å². The molecule has 0 aliphatic heterocycles. The molecule has 3 aromatic rings. The van der Waals surface area contributed by atoms with Crippen molar-refractivity contribution in [3.63, 3.8) is 0 Å². The highest BCUT2D eigenvalue weighted by Crippen LogP contribution is 2.37. The van der Waals surface area contributed by atoms with Crippen LogP contribution in [0.1, 0.15) is 5.56 Å². The maximum absolute atomic E-state index is 13.8. The molecule has 0 aliphatic rings. The van der Waals surface area contributed by atoms with Crippen molar-refractivity contribution in [2.75, 3.05) is 37.5 Å². The summed E-state index contributed by atoms with van der Waals surface area (Å²) in [5.41, 5.74) is 1.05. The van der Waals surface area contributed by atoms with Gasteiger partial charge in [0, 0.05) is 12.1 Å². The van der Waals surface area contributed by atoms with Crippen LogP contribution in [0.4, 0.5) is 11.4 Å². The molecule has 0 heterocycles. The fraction of sp³-hybridized carbons (Fsp3) is 0.208. The Balaban J connectivity index is 2.07. The molecule has 0 radical (unpaired) electrons. The van der Waals surface area contributed by atoms with Gasteiger partial charge in [-0.2, -0.15) is 0 Å². The number of halogens is 3. The number of carbonyl (C=O) groups is 1. The van der Waals surface area contributed by atoms with Crippen molar-refractivity contribution < 1.29 is 27.4 Å². The van der Waals surface area contributed by atoms with E-state index in [-0.39, 0.29) is 42.8 Å². The molecule has 3 aromatic carbocycles. The zero-order valence-electron chi connectivity index (χ0n) is 19.8. The van der Waals surface area contributed by atoms with Crippen molar-refractivity contribution in [2.45, 2.75) is 11.8 Å². The van der Waals surface area contributed by atoms with Crippen LogP contribution in [-0.2, 0) is 14.8 Å². The summed E-state index contributed by atoms with van der Waals surface area (Å²) in [6.45, 7) is 1.14. The number of carbonyl (C=O) groups excluding carboxylic acids is 1. The molecule has 36 heavy (non-hydrogen) atoms. The molecular weight excluding hydrogens is 551 g/mol. The Bertz CT molecular complexity index is 1400. The van der Waals surface area contributed by atoms with Gasteiger partial charge in [-0.25, -0.2) is 8.42 Å². The maximum atomic E-state index is 13.8. The highest BCUT2D eigenvalue weighted by molar-refractivity contribution is 7.93. The smallest absolute Gasteiger partial charge is 0.268 e. The zero-order chi connectivity index (χ0) is 26.6. The average molecular weight is 574 g/mol. The van der Waals surface area contributed by atoms with Crippen LogP contribution in [0.5, 0.6) is 17.2 Å². The summed E-state index contributed by atoms with van der Waals surface area (Å²) in [6, 6.07) is 11.9. The lowest BCUT2D eigenvalue weighted by Crippen LogP contribution is -2.38. The third-order valence-corrected chi connectivity index (χ3v) is 7.94. The number of ether oxygens (including phenoxy) is 3. The van der Waals surface area contributed by atoms with Gasteiger partial charge in [-0.15, -0.1) is 0 Å². The molecule has 1 N–H and O–H groups in total. The van der Waals surface area contributed by atoms with E-state index in [9.17, 15) is 13.2 Å². The van der Waals surface area contributed by atoms with E-state index in [0.717, 1.165) is 4.31 Å². The second-order valence-electron chi connectivity index (χ2n) is 7.50. The molecule has 0 aromatic heterocycles. The number of aryl methyl sites for hydroxylation is 1. The van der Waals surface area contributed by atoms with Crippen LogP contribution in [-0.4, -0.2) is 42.2 Å². The summed E-state index contributed by atoms with van der Waals surface area (Å²) in [5.74, 6) is 0.0128. The number of anilines is 2. The van der Waals surface area contributed by atoms with E-state index >= 15 is 0 Å². The van der Waals surface area contributed by atoms with Crippen molar-refractivity contribution in [1.82, 2.24) is 0 Å². The van der Waals surface area contributed by atoms with Gasteiger partial charge in [0.25, 0.3) is 10.0 Å². The molecule has 192 valence electrons. The van der Waals surface area contributed by atoms with Gasteiger partial charge < -0.3 is 19.5 Å². The average Bonchev–Trinajstić information content (AvgIpc) is 2.85. The van der Waals surface area contributed by atoms with E-state index < -0.39 is 22.5 Å². The summed E-state index contributed by atoms with van der Waals surface area (Å²) < 4.78 is 44.4. The van der Waals surface area contributed by atoms with Crippen LogP contribution in [0.3, 0.4) is 0 Å². The van der Waals surface area contributed by atoms with E-state index in [1.807, 2.05) is 0 Å². The largest absolute Gasteiger partial charge is 0.495 e. The topological polar surface area (TPSA) is 94.2 Å². The number of methoxy groups -OCH3 is 3. The lowest BCUT2D eigenvalue weighted by molar-refractivity contribution is -0.114. The molecule has 12 heteroatoms. The van der Waals surface area contributed by atoms with Gasteiger partial charge in [-0.05, 0) is 42.8 Å². The molecule has 3 rings (SSSR count). The first-order chi connectivity index (χ1) is 17.0. The van der Waals surface area contributed by atoms with Crippen molar-refractivity contribution >= 4 is 62.1 Å². The second kappa shape index (κ2) is 11.5. The Kier molecular flexibility index (Phi) is 8.84. The second-order valence-corrected chi connectivity index (χ2v) is 10.6. The van der Waals surface area contributed by atoms with E-state index in [0.29, 0.717) is 11.3 Å². The minimum Gasteiger partial charge on any atom is -0.495 e. The summed E-state index contributed by atoms with van der Waals surface area (Å²) in [4.78, 5) is 13.0. The SMILES string of the molecule is COc1cc(NC(=O)CN(c2ccc(Cl)c(Cl)c2)S(=O)(=O)c2cc(C)ccc2OC)c(OC)cc1Cl. The number of hydrogen-bond acceptors (Lipinski definition) is 6. The number of hydrogen-bond donors (Lipinski definition) is 1. The molecule has 1 amide bonds. The van der Waals surface area contributed by atoms with Crippen LogP contribution in [0.25, 0.3) is 0 Å². The molecule has 0 bridgehead atoms. The van der Waals surface area contributed by atoms with E-state index in [2.05, 4.69) is 5.32 Å². The molecule has 0 atom stereocenters. The van der Waals surface area contributed by atoms with E-state index in [1.54, 1.807) is 19.1 Å². The standard InChI is InChI=1S/C24H23Cl3N2O6S/c1-14-5-8-20(33-2)23(9-14)36(31,32)29(15-6-7-16(25)17(26)10-15)13-24(30)28-19-12-21(34-3)18(27)11-22(19)35-4/h5-12H,13H2,1-4H3,(H,28,30). The van der Waals surface area contributed by atoms with Gasteiger partial charge in [0.05, 0.1) is 47.8 Å². The van der Waals surface area contributed by atoms with Crippen LogP contribution >= 0.6 is 34.8 Å². The third-order valence-electron chi connectivity index (χ3n) is 5.11. The monoisotopic (exact) mass is 572 g/mol. The summed E-state index contributed by atoms with van der Waals surface area (Å²) in [7, 11) is -0.111. The van der Waals surface area contributed by atoms with Crippen molar-refractivity contribution in [3.8, 4) is 17.2 Å². The van der Waals surface area contributed by atoms with E-state index in [1.165, 1.54) is 57.7 Å². The number of nitrogens with one attached hydrogen (secondary N) is 1. The Hall–Kier alpha value is -2.85. The predicted molar refractivity (Wildman–Crippen MR) is 142 cm³/mol. The fourth-order valence-electron chi connectivity index (χ4n) is 3.34. The third kappa shape index (κ3) is 5.92. The summed E-state index contributed by atoms with van der Waals surface area (Å²) >= 11 is 18.3. The zero-order valence-corrected chi connectivity index (χ0v) is 22.8. The Morgan fingerprint density at radius 1 is 0.833 bits per heavy atom. The number of amides is 1. The van der Waals surface area contributed by atoms with Crippen LogP contribution in [0.2, 0.25) is 15.1 Å². The number of benzene rings is 3. The predicted octanol–water partition coefficient (Wildman–Crippen LogP) is 5.82. The van der Waals surface area contributed by atoms with Crippen LogP contribution < -0.4 is 23.8 Å². The number of nitrogens with zero attached hydrogens (tertiary/aromatic N) is 1. The minimum absolute atomic E-state index is 0.116. The molecule has 0 fully saturated rings. The Morgan fingerprint density at radius 2 is 1.50 bits per heavy atom. The van der Waals surface area contributed by atoms with Crippen LogP contribution in [0.15, 0.2) is 53.4 Å². The first kappa shape index (κ1) is 27.7.